The topological polar surface area (TPSA) is 89.1 Å². The molecule has 3 aliphatic rings. The van der Waals surface area contributed by atoms with Gasteiger partial charge in [0.05, 0.1) is 17.9 Å². The van der Waals surface area contributed by atoms with Gasteiger partial charge in [0.1, 0.15) is 11.4 Å². The molecule has 8 heteroatoms. The number of fused-ring (bicyclic) bond motifs is 1. The first kappa shape index (κ1) is 19.4. The van der Waals surface area contributed by atoms with Gasteiger partial charge < -0.3 is 10.6 Å². The van der Waals surface area contributed by atoms with Crippen LogP contribution in [0.1, 0.15) is 60.1 Å². The van der Waals surface area contributed by atoms with Gasteiger partial charge in [0.2, 0.25) is 0 Å². The fourth-order valence-electron chi connectivity index (χ4n) is 4.77. The number of piperidine rings is 1. The van der Waals surface area contributed by atoms with Crippen molar-refractivity contribution in [3.8, 4) is 0 Å². The minimum absolute atomic E-state index is 0.102. The highest BCUT2D eigenvalue weighted by atomic mass is 16.1. The lowest BCUT2D eigenvalue weighted by atomic mass is 9.95. The number of carbonyl (C=O) groups excluding carboxylic acids is 1. The summed E-state index contributed by atoms with van der Waals surface area (Å²) in [6.45, 7) is 2.01. The second kappa shape index (κ2) is 8.02. The summed E-state index contributed by atoms with van der Waals surface area (Å²) in [5.41, 5.74) is 3.52. The number of nitrogens with one attached hydrogen (secondary N) is 2. The Hall–Kier alpha value is -3.26. The third-order valence-corrected chi connectivity index (χ3v) is 6.75. The van der Waals surface area contributed by atoms with Crippen LogP contribution < -0.4 is 10.6 Å². The molecule has 0 aromatic carbocycles. The molecule has 1 atom stereocenters. The molecular weight excluding hydrogens is 402 g/mol. The predicted octanol–water partition coefficient (Wildman–Crippen LogP) is 3.48. The average molecular weight is 430 g/mol. The number of amides is 1. The van der Waals surface area contributed by atoms with Crippen LogP contribution in [0.15, 0.2) is 54.5 Å². The molecule has 8 nitrogen and oxygen atoms in total. The molecule has 4 heterocycles. The molecule has 2 aliphatic carbocycles. The van der Waals surface area contributed by atoms with E-state index in [0.717, 1.165) is 49.8 Å². The Morgan fingerprint density at radius 3 is 2.81 bits per heavy atom. The van der Waals surface area contributed by atoms with E-state index < -0.39 is 0 Å². The summed E-state index contributed by atoms with van der Waals surface area (Å²) in [5.74, 6) is 1.68. The smallest absolute Gasteiger partial charge is 0.262 e. The van der Waals surface area contributed by atoms with E-state index in [9.17, 15) is 4.79 Å². The molecule has 0 radical (unpaired) electrons. The molecule has 2 N–H and O–H groups in total. The zero-order chi connectivity index (χ0) is 21.5. The Morgan fingerprint density at radius 1 is 1.16 bits per heavy atom. The van der Waals surface area contributed by atoms with Crippen LogP contribution in [0, 0.1) is 5.92 Å². The first-order valence-corrected chi connectivity index (χ1v) is 11.5. The molecule has 0 bridgehead atoms. The normalized spacial score (nSPS) is 21.6. The van der Waals surface area contributed by atoms with Crippen molar-refractivity contribution in [2.75, 3.05) is 18.4 Å². The fourth-order valence-corrected chi connectivity index (χ4v) is 4.77. The molecule has 2 fully saturated rings. The highest BCUT2D eigenvalue weighted by Gasteiger charge is 2.28. The Kier molecular flexibility index (Phi) is 4.87. The van der Waals surface area contributed by atoms with E-state index in [0.29, 0.717) is 17.1 Å². The number of nitrogens with zero attached hydrogens (tertiary/aromatic N) is 5. The molecule has 6 rings (SSSR count). The van der Waals surface area contributed by atoms with Gasteiger partial charge in [-0.15, -0.1) is 0 Å². The van der Waals surface area contributed by atoms with Crippen molar-refractivity contribution < 1.29 is 4.79 Å². The van der Waals surface area contributed by atoms with Crippen molar-refractivity contribution in [3.05, 3.63) is 65.8 Å². The number of rotatable bonds is 5. The van der Waals surface area contributed by atoms with Crippen LogP contribution in [0.25, 0.3) is 5.65 Å². The van der Waals surface area contributed by atoms with Crippen molar-refractivity contribution in [3.63, 3.8) is 0 Å². The number of hydrogen-bond donors (Lipinski definition) is 2. The molecule has 1 saturated carbocycles. The van der Waals surface area contributed by atoms with Crippen LogP contribution in [-0.2, 0) is 0 Å². The van der Waals surface area contributed by atoms with Crippen molar-refractivity contribution in [1.82, 2.24) is 29.7 Å². The van der Waals surface area contributed by atoms with Crippen molar-refractivity contribution >= 4 is 17.4 Å². The monoisotopic (exact) mass is 429 g/mol. The predicted molar refractivity (Wildman–Crippen MR) is 122 cm³/mol. The highest BCUT2D eigenvalue weighted by molar-refractivity contribution is 6.07. The quantitative estimate of drug-likeness (QED) is 0.648. The minimum Gasteiger partial charge on any atom is -0.317 e. The standard InChI is InChI=1S/C24H27N7O/c32-24(20-15-27-30-13-1-10-26-23(20)30)28-22-14-21(18-8-11-25-12-9-18)29-31(22)19-6-4-17(5-7-19)16-2-3-16/h1,4-6,10,13-16,18-19,25H,2-3,7-9,11-12H2,(H,28,32). The zero-order valence-corrected chi connectivity index (χ0v) is 17.9. The fraction of sp³-hybridized carbons (Fsp3) is 0.417. The zero-order valence-electron chi connectivity index (χ0n) is 17.9. The lowest BCUT2D eigenvalue weighted by Crippen LogP contribution is -2.27. The second-order valence-corrected chi connectivity index (χ2v) is 8.96. The van der Waals surface area contributed by atoms with E-state index in [2.05, 4.69) is 45.0 Å². The van der Waals surface area contributed by atoms with Gasteiger partial charge >= 0.3 is 0 Å². The summed E-state index contributed by atoms with van der Waals surface area (Å²) >= 11 is 0. The van der Waals surface area contributed by atoms with Gasteiger partial charge in [-0.1, -0.05) is 18.2 Å². The average Bonchev–Trinajstić information content (AvgIpc) is 3.47. The summed E-state index contributed by atoms with van der Waals surface area (Å²) in [6.07, 6.45) is 17.5. The Labute approximate surface area is 186 Å². The van der Waals surface area contributed by atoms with E-state index in [1.165, 1.54) is 18.4 Å². The molecule has 1 unspecified atom stereocenters. The van der Waals surface area contributed by atoms with Gasteiger partial charge in [-0.2, -0.15) is 10.2 Å². The maximum absolute atomic E-state index is 13.2. The third-order valence-electron chi connectivity index (χ3n) is 6.75. The van der Waals surface area contributed by atoms with E-state index >= 15 is 0 Å². The molecule has 164 valence electrons. The third kappa shape index (κ3) is 3.64. The largest absolute Gasteiger partial charge is 0.317 e. The number of hydrogen-bond acceptors (Lipinski definition) is 5. The van der Waals surface area contributed by atoms with E-state index in [1.807, 2.05) is 4.68 Å². The summed E-state index contributed by atoms with van der Waals surface area (Å²) in [4.78, 5) is 17.5. The maximum atomic E-state index is 13.2. The van der Waals surface area contributed by atoms with Gasteiger partial charge in [-0.25, -0.2) is 14.2 Å². The molecule has 1 amide bonds. The van der Waals surface area contributed by atoms with Crippen LogP contribution in [0.5, 0.6) is 0 Å². The van der Waals surface area contributed by atoms with Crippen molar-refractivity contribution in [2.45, 2.75) is 44.1 Å². The number of allylic oxidation sites excluding steroid dienone is 4. The molecule has 32 heavy (non-hydrogen) atoms. The summed E-state index contributed by atoms with van der Waals surface area (Å²) < 4.78 is 3.60. The molecule has 0 spiro atoms. The van der Waals surface area contributed by atoms with Crippen LogP contribution in [0.4, 0.5) is 5.82 Å². The van der Waals surface area contributed by atoms with E-state index in [4.69, 9.17) is 5.10 Å². The van der Waals surface area contributed by atoms with Crippen LogP contribution >= 0.6 is 0 Å². The molecule has 3 aromatic heterocycles. The van der Waals surface area contributed by atoms with Gasteiger partial charge in [0.15, 0.2) is 5.65 Å². The van der Waals surface area contributed by atoms with Gasteiger partial charge in [-0.3, -0.25) is 4.79 Å². The molecule has 3 aromatic rings. The number of carbonyl (C=O) groups is 1. The lowest BCUT2D eigenvalue weighted by Gasteiger charge is -2.21. The van der Waals surface area contributed by atoms with Gasteiger partial charge in [-0.05, 0) is 62.8 Å². The van der Waals surface area contributed by atoms with Gasteiger partial charge in [0, 0.05) is 24.4 Å². The molecule has 1 saturated heterocycles. The number of anilines is 1. The Balaban J connectivity index is 1.30. The first-order valence-electron chi connectivity index (χ1n) is 11.5. The lowest BCUT2D eigenvalue weighted by molar-refractivity contribution is 0.102. The van der Waals surface area contributed by atoms with Crippen molar-refractivity contribution in [2.24, 2.45) is 5.92 Å². The summed E-state index contributed by atoms with van der Waals surface area (Å²) in [7, 11) is 0. The van der Waals surface area contributed by atoms with Crippen LogP contribution in [-0.4, -0.2) is 43.4 Å². The van der Waals surface area contributed by atoms with Crippen molar-refractivity contribution in [1.29, 1.82) is 0 Å². The maximum Gasteiger partial charge on any atom is 0.262 e. The molecule has 1 aliphatic heterocycles. The number of aromatic nitrogens is 5. The highest BCUT2D eigenvalue weighted by Crippen LogP contribution is 2.40. The SMILES string of the molecule is O=C(Nc1cc(C2CCNCC2)nn1C1C=CC(C2CC2)=CC1)c1cnn2cccnc12. The summed E-state index contributed by atoms with van der Waals surface area (Å²) in [5, 5.41) is 15.8. The Bertz CT molecular complexity index is 1210. The summed E-state index contributed by atoms with van der Waals surface area (Å²) in [6, 6.07) is 3.95. The van der Waals surface area contributed by atoms with Gasteiger partial charge in [0.25, 0.3) is 5.91 Å². The second-order valence-electron chi connectivity index (χ2n) is 8.96. The first-order chi connectivity index (χ1) is 15.8. The van der Waals surface area contributed by atoms with E-state index in [1.54, 1.807) is 29.2 Å². The van der Waals surface area contributed by atoms with E-state index in [-0.39, 0.29) is 11.9 Å². The van der Waals surface area contributed by atoms with Crippen LogP contribution in [0.2, 0.25) is 0 Å². The molecular formula is C24H27N7O. The Morgan fingerprint density at radius 2 is 2.03 bits per heavy atom. The minimum atomic E-state index is -0.217. The van der Waals surface area contributed by atoms with Crippen LogP contribution in [0.3, 0.4) is 0 Å².